The summed E-state index contributed by atoms with van der Waals surface area (Å²) in [5, 5.41) is 5.00. The van der Waals surface area contributed by atoms with E-state index < -0.39 is 0 Å². The van der Waals surface area contributed by atoms with Crippen LogP contribution in [0.25, 0.3) is 0 Å². The zero-order chi connectivity index (χ0) is 13.1. The number of hydrogen-bond donors (Lipinski definition) is 1. The molecule has 1 amide bonds. The summed E-state index contributed by atoms with van der Waals surface area (Å²) in [6.07, 6.45) is 2.76. The van der Waals surface area contributed by atoms with E-state index in [0.717, 1.165) is 30.2 Å². The maximum atomic E-state index is 12.0. The maximum Gasteiger partial charge on any atom is 0.261 e. The van der Waals surface area contributed by atoms with E-state index in [-0.39, 0.29) is 11.9 Å². The molecule has 1 aliphatic rings. The van der Waals surface area contributed by atoms with Crippen molar-refractivity contribution in [1.29, 1.82) is 0 Å². The minimum atomic E-state index is 0.0304. The third kappa shape index (κ3) is 2.76. The fourth-order valence-corrected chi connectivity index (χ4v) is 2.92. The van der Waals surface area contributed by atoms with Crippen LogP contribution >= 0.6 is 11.3 Å². The molecule has 5 heteroatoms. The highest BCUT2D eigenvalue weighted by atomic mass is 32.1. The molecule has 1 fully saturated rings. The number of amides is 1. The van der Waals surface area contributed by atoms with Gasteiger partial charge in [-0.25, -0.2) is 4.98 Å². The van der Waals surface area contributed by atoms with Gasteiger partial charge in [0.05, 0.1) is 4.88 Å². The Labute approximate surface area is 116 Å². The molecular formula is C14H15N3OS. The van der Waals surface area contributed by atoms with Gasteiger partial charge in [-0.1, -0.05) is 12.1 Å². The standard InChI is InChI=1S/C14H15N3OS/c18-14(12-4-3-9-19-12)16-11-6-8-17(10-11)13-5-1-2-7-15-13/h1-5,7,9,11H,6,8,10H2,(H,16,18). The summed E-state index contributed by atoms with van der Waals surface area (Å²) < 4.78 is 0. The Morgan fingerprint density at radius 3 is 3.05 bits per heavy atom. The van der Waals surface area contributed by atoms with Crippen molar-refractivity contribution in [3.8, 4) is 0 Å². The van der Waals surface area contributed by atoms with E-state index in [2.05, 4.69) is 15.2 Å². The Hall–Kier alpha value is -1.88. The van der Waals surface area contributed by atoms with Gasteiger partial charge in [0, 0.05) is 25.3 Å². The smallest absolute Gasteiger partial charge is 0.261 e. The third-order valence-electron chi connectivity index (χ3n) is 3.24. The van der Waals surface area contributed by atoms with Crippen LogP contribution in [0.3, 0.4) is 0 Å². The maximum absolute atomic E-state index is 12.0. The normalized spacial score (nSPS) is 18.5. The van der Waals surface area contributed by atoms with Gasteiger partial charge >= 0.3 is 0 Å². The first-order valence-corrected chi connectivity index (χ1v) is 7.21. The highest BCUT2D eigenvalue weighted by molar-refractivity contribution is 7.12. The summed E-state index contributed by atoms with van der Waals surface area (Å²) in [7, 11) is 0. The second-order valence-electron chi connectivity index (χ2n) is 4.57. The van der Waals surface area contributed by atoms with E-state index in [4.69, 9.17) is 0 Å². The van der Waals surface area contributed by atoms with Crippen LogP contribution in [0.5, 0.6) is 0 Å². The molecule has 98 valence electrons. The lowest BCUT2D eigenvalue weighted by atomic mass is 10.2. The highest BCUT2D eigenvalue weighted by Gasteiger charge is 2.25. The van der Waals surface area contributed by atoms with Crippen LogP contribution in [0.2, 0.25) is 0 Å². The zero-order valence-electron chi connectivity index (χ0n) is 10.5. The topological polar surface area (TPSA) is 45.2 Å². The van der Waals surface area contributed by atoms with Gasteiger partial charge in [-0.05, 0) is 30.0 Å². The lowest BCUT2D eigenvalue weighted by Crippen LogP contribution is -2.36. The molecule has 1 atom stereocenters. The van der Waals surface area contributed by atoms with E-state index in [1.807, 2.05) is 35.7 Å². The van der Waals surface area contributed by atoms with Crippen LogP contribution in [0.15, 0.2) is 41.9 Å². The number of thiophene rings is 1. The van der Waals surface area contributed by atoms with Crippen LogP contribution in [-0.4, -0.2) is 30.0 Å². The Balaban J connectivity index is 1.59. The number of rotatable bonds is 3. The highest BCUT2D eigenvalue weighted by Crippen LogP contribution is 2.18. The number of carbonyl (C=O) groups excluding carboxylic acids is 1. The van der Waals surface area contributed by atoms with Gasteiger partial charge in [0.15, 0.2) is 0 Å². The molecule has 1 aliphatic heterocycles. The number of nitrogens with one attached hydrogen (secondary N) is 1. The molecule has 1 N–H and O–H groups in total. The molecule has 0 saturated carbocycles. The number of aromatic nitrogens is 1. The number of pyridine rings is 1. The molecule has 0 spiro atoms. The van der Waals surface area contributed by atoms with Crippen molar-refractivity contribution in [2.75, 3.05) is 18.0 Å². The van der Waals surface area contributed by atoms with Gasteiger partial charge < -0.3 is 10.2 Å². The van der Waals surface area contributed by atoms with Crippen molar-refractivity contribution in [2.24, 2.45) is 0 Å². The fraction of sp³-hybridized carbons (Fsp3) is 0.286. The second-order valence-corrected chi connectivity index (χ2v) is 5.52. The summed E-state index contributed by atoms with van der Waals surface area (Å²) in [4.78, 5) is 19.3. The predicted molar refractivity (Wildman–Crippen MR) is 76.6 cm³/mol. The van der Waals surface area contributed by atoms with E-state index >= 15 is 0 Å². The Kier molecular flexibility index (Phi) is 3.46. The molecule has 3 rings (SSSR count). The van der Waals surface area contributed by atoms with Gasteiger partial charge in [0.25, 0.3) is 5.91 Å². The second kappa shape index (κ2) is 5.40. The molecule has 2 aromatic rings. The molecule has 0 aromatic carbocycles. The molecule has 19 heavy (non-hydrogen) atoms. The van der Waals surface area contributed by atoms with Crippen LogP contribution in [0.1, 0.15) is 16.1 Å². The molecule has 0 aliphatic carbocycles. The number of anilines is 1. The molecule has 4 nitrogen and oxygen atoms in total. The average molecular weight is 273 g/mol. The lowest BCUT2D eigenvalue weighted by Gasteiger charge is -2.17. The van der Waals surface area contributed by atoms with Crippen molar-refractivity contribution in [1.82, 2.24) is 10.3 Å². The van der Waals surface area contributed by atoms with Crippen molar-refractivity contribution in [2.45, 2.75) is 12.5 Å². The average Bonchev–Trinajstić information content (AvgIpc) is 3.11. The Morgan fingerprint density at radius 1 is 1.37 bits per heavy atom. The van der Waals surface area contributed by atoms with Crippen LogP contribution in [0, 0.1) is 0 Å². The summed E-state index contributed by atoms with van der Waals surface area (Å²) in [5.41, 5.74) is 0. The van der Waals surface area contributed by atoms with E-state index in [1.165, 1.54) is 11.3 Å². The van der Waals surface area contributed by atoms with E-state index in [9.17, 15) is 4.79 Å². The van der Waals surface area contributed by atoms with Crippen LogP contribution in [0.4, 0.5) is 5.82 Å². The van der Waals surface area contributed by atoms with Gasteiger partial charge in [-0.3, -0.25) is 4.79 Å². The molecule has 3 heterocycles. The van der Waals surface area contributed by atoms with Gasteiger partial charge in [0.2, 0.25) is 0 Å². The van der Waals surface area contributed by atoms with Crippen molar-refractivity contribution in [3.05, 3.63) is 46.8 Å². The first-order chi connectivity index (χ1) is 9.33. The fourth-order valence-electron chi connectivity index (χ4n) is 2.29. The minimum absolute atomic E-state index is 0.0304. The summed E-state index contributed by atoms with van der Waals surface area (Å²) >= 11 is 1.47. The molecule has 0 radical (unpaired) electrons. The minimum Gasteiger partial charge on any atom is -0.354 e. The van der Waals surface area contributed by atoms with Crippen molar-refractivity contribution >= 4 is 23.1 Å². The monoisotopic (exact) mass is 273 g/mol. The summed E-state index contributed by atoms with van der Waals surface area (Å²) in [5.74, 6) is 1.01. The van der Waals surface area contributed by atoms with Gasteiger partial charge in [-0.15, -0.1) is 11.3 Å². The number of carbonyl (C=O) groups is 1. The van der Waals surface area contributed by atoms with Crippen LogP contribution in [-0.2, 0) is 0 Å². The third-order valence-corrected chi connectivity index (χ3v) is 4.11. The molecule has 1 saturated heterocycles. The number of nitrogens with zero attached hydrogens (tertiary/aromatic N) is 2. The molecule has 1 unspecified atom stereocenters. The Morgan fingerprint density at radius 2 is 2.32 bits per heavy atom. The molecule has 2 aromatic heterocycles. The predicted octanol–water partition coefficient (Wildman–Crippen LogP) is 2.15. The lowest BCUT2D eigenvalue weighted by molar-refractivity contribution is 0.0944. The first kappa shape index (κ1) is 12.2. The van der Waals surface area contributed by atoms with Crippen LogP contribution < -0.4 is 10.2 Å². The number of hydrogen-bond acceptors (Lipinski definition) is 4. The first-order valence-electron chi connectivity index (χ1n) is 6.33. The zero-order valence-corrected chi connectivity index (χ0v) is 11.3. The van der Waals surface area contributed by atoms with E-state index in [1.54, 1.807) is 6.20 Å². The summed E-state index contributed by atoms with van der Waals surface area (Å²) in [6.45, 7) is 1.76. The van der Waals surface area contributed by atoms with Crippen molar-refractivity contribution < 1.29 is 4.79 Å². The van der Waals surface area contributed by atoms with E-state index in [0.29, 0.717) is 0 Å². The van der Waals surface area contributed by atoms with Gasteiger partial charge in [-0.2, -0.15) is 0 Å². The quantitative estimate of drug-likeness (QED) is 0.932. The molecule has 0 bridgehead atoms. The Bertz CT molecular complexity index is 541. The SMILES string of the molecule is O=C(NC1CCN(c2ccccn2)C1)c1cccs1. The largest absolute Gasteiger partial charge is 0.354 e. The summed E-state index contributed by atoms with van der Waals surface area (Å²) in [6, 6.07) is 9.86. The molecular weight excluding hydrogens is 258 g/mol. The van der Waals surface area contributed by atoms with Crippen molar-refractivity contribution in [3.63, 3.8) is 0 Å². The van der Waals surface area contributed by atoms with Gasteiger partial charge in [0.1, 0.15) is 5.82 Å².